The predicted octanol–water partition coefficient (Wildman–Crippen LogP) is 3.52. The predicted molar refractivity (Wildman–Crippen MR) is 120 cm³/mol. The Morgan fingerprint density at radius 2 is 1.78 bits per heavy atom. The summed E-state index contributed by atoms with van der Waals surface area (Å²) >= 11 is 0. The van der Waals surface area contributed by atoms with Crippen LogP contribution in [0.2, 0.25) is 0 Å². The van der Waals surface area contributed by atoms with Crippen LogP contribution in [0.1, 0.15) is 53.4 Å². The van der Waals surface area contributed by atoms with Crippen molar-refractivity contribution < 1.29 is 9.47 Å². The molecule has 156 valence electrons. The molecule has 6 heteroatoms. The zero-order valence-electron chi connectivity index (χ0n) is 17.4. The minimum absolute atomic E-state index is 0. The van der Waals surface area contributed by atoms with Crippen molar-refractivity contribution in [3.05, 3.63) is 0 Å². The highest BCUT2D eigenvalue weighted by Gasteiger charge is 2.53. The lowest BCUT2D eigenvalue weighted by Crippen LogP contribution is -2.44. The number of ether oxygens (including phenoxy) is 2. The summed E-state index contributed by atoms with van der Waals surface area (Å²) in [7, 11) is 0. The van der Waals surface area contributed by atoms with Crippen LogP contribution in [0.25, 0.3) is 0 Å². The summed E-state index contributed by atoms with van der Waals surface area (Å²) in [6.45, 7) is 14.0. The first-order valence-corrected chi connectivity index (χ1v) is 10.8. The van der Waals surface area contributed by atoms with Gasteiger partial charge in [0.05, 0.1) is 18.3 Å². The topological polar surface area (TPSA) is 46.1 Å². The van der Waals surface area contributed by atoms with Crippen LogP contribution in [0.3, 0.4) is 0 Å². The van der Waals surface area contributed by atoms with Crippen molar-refractivity contribution >= 4 is 29.9 Å². The number of likely N-dealkylation sites (tertiary alicyclic amines) is 1. The van der Waals surface area contributed by atoms with Crippen molar-refractivity contribution in [3.63, 3.8) is 0 Å². The minimum atomic E-state index is 0. The molecule has 27 heavy (non-hydrogen) atoms. The summed E-state index contributed by atoms with van der Waals surface area (Å²) in [4.78, 5) is 7.59. The van der Waals surface area contributed by atoms with Gasteiger partial charge in [-0.1, -0.05) is 20.8 Å². The molecule has 0 aromatic carbocycles. The van der Waals surface area contributed by atoms with Crippen LogP contribution in [-0.4, -0.2) is 62.0 Å². The normalized spacial score (nSPS) is 38.7. The first kappa shape index (κ1) is 21.6. The Labute approximate surface area is 182 Å². The van der Waals surface area contributed by atoms with Crippen LogP contribution < -0.4 is 5.32 Å². The first-order valence-electron chi connectivity index (χ1n) is 10.8. The molecule has 0 amide bonds. The molecule has 4 rings (SSSR count). The van der Waals surface area contributed by atoms with Gasteiger partial charge < -0.3 is 19.7 Å². The van der Waals surface area contributed by atoms with Crippen LogP contribution >= 0.6 is 24.0 Å². The maximum Gasteiger partial charge on any atom is 0.193 e. The van der Waals surface area contributed by atoms with E-state index in [1.165, 1.54) is 19.3 Å². The molecule has 0 aromatic heterocycles. The van der Waals surface area contributed by atoms with Crippen molar-refractivity contribution in [1.29, 1.82) is 0 Å². The Morgan fingerprint density at radius 3 is 2.37 bits per heavy atom. The van der Waals surface area contributed by atoms with Gasteiger partial charge in [-0.15, -0.1) is 24.0 Å². The Kier molecular flexibility index (Phi) is 7.00. The number of hydrogen-bond donors (Lipinski definition) is 1. The highest BCUT2D eigenvalue weighted by molar-refractivity contribution is 14.0. The zero-order chi connectivity index (χ0) is 18.3. The van der Waals surface area contributed by atoms with Crippen molar-refractivity contribution in [2.24, 2.45) is 28.2 Å². The van der Waals surface area contributed by atoms with Gasteiger partial charge in [0.15, 0.2) is 5.96 Å². The van der Waals surface area contributed by atoms with Crippen LogP contribution in [0.15, 0.2) is 4.99 Å². The van der Waals surface area contributed by atoms with Crippen molar-refractivity contribution in [2.75, 3.05) is 32.8 Å². The number of fused-ring (bicyclic) bond motifs is 5. The molecule has 4 aliphatic heterocycles. The second kappa shape index (κ2) is 8.74. The summed E-state index contributed by atoms with van der Waals surface area (Å²) in [5, 5.41) is 3.55. The number of guanidine groups is 1. The van der Waals surface area contributed by atoms with E-state index in [-0.39, 0.29) is 29.4 Å². The molecule has 5 nitrogen and oxygen atoms in total. The lowest BCUT2D eigenvalue weighted by atomic mass is 9.78. The molecule has 0 radical (unpaired) electrons. The molecule has 6 unspecified atom stereocenters. The molecule has 2 bridgehead atoms. The number of halogens is 1. The minimum Gasteiger partial charge on any atom is -0.377 e. The molecule has 4 saturated heterocycles. The summed E-state index contributed by atoms with van der Waals surface area (Å²) in [5.41, 5.74) is 0.181. The molecule has 1 N–H and O–H groups in total. The Hall–Kier alpha value is -0.0800. The largest absolute Gasteiger partial charge is 0.377 e. The van der Waals surface area contributed by atoms with Crippen LogP contribution in [0.5, 0.6) is 0 Å². The van der Waals surface area contributed by atoms with Crippen LogP contribution in [0, 0.1) is 23.2 Å². The van der Waals surface area contributed by atoms with E-state index in [4.69, 9.17) is 14.5 Å². The monoisotopic (exact) mass is 491 g/mol. The summed E-state index contributed by atoms with van der Waals surface area (Å²) in [6.07, 6.45) is 6.25. The number of nitrogens with zero attached hydrogens (tertiary/aromatic N) is 2. The fourth-order valence-electron chi connectivity index (χ4n) is 5.75. The van der Waals surface area contributed by atoms with Gasteiger partial charge in [0, 0.05) is 50.5 Å². The standard InChI is InChI=1S/C21H37N3O2.HI/c1-5-22-20(23-11-14-7-6-10-25-19(14)21(2,3)4)24-12-15-16(13-24)18-9-8-17(15)26-18;/h14-19H,5-13H2,1-4H3,(H,22,23);1H. The van der Waals surface area contributed by atoms with E-state index in [1.807, 2.05) is 0 Å². The Bertz CT molecular complexity index is 518. The number of hydrogen-bond acceptors (Lipinski definition) is 3. The average molecular weight is 491 g/mol. The lowest BCUT2D eigenvalue weighted by Gasteiger charge is -2.39. The Morgan fingerprint density at radius 1 is 1.11 bits per heavy atom. The van der Waals surface area contributed by atoms with Gasteiger partial charge in [-0.05, 0) is 38.0 Å². The van der Waals surface area contributed by atoms with Crippen molar-refractivity contribution in [3.8, 4) is 0 Å². The summed E-state index contributed by atoms with van der Waals surface area (Å²) in [6, 6.07) is 0. The molecule has 0 saturated carbocycles. The first-order chi connectivity index (χ1) is 12.5. The van der Waals surface area contributed by atoms with E-state index in [2.05, 4.69) is 37.9 Å². The number of aliphatic imine (C=N–C) groups is 1. The van der Waals surface area contributed by atoms with E-state index in [0.29, 0.717) is 24.2 Å². The molecule has 0 aliphatic carbocycles. The smallest absolute Gasteiger partial charge is 0.193 e. The number of nitrogens with one attached hydrogen (secondary N) is 1. The quantitative estimate of drug-likeness (QED) is 0.373. The Balaban J connectivity index is 0.00000210. The molecule has 4 fully saturated rings. The van der Waals surface area contributed by atoms with E-state index >= 15 is 0 Å². The second-order valence-corrected chi connectivity index (χ2v) is 9.78. The summed E-state index contributed by atoms with van der Waals surface area (Å²) in [5.74, 6) is 3.08. The highest BCUT2D eigenvalue weighted by atomic mass is 127. The fraction of sp³-hybridized carbons (Fsp3) is 0.952. The molecular weight excluding hydrogens is 453 g/mol. The van der Waals surface area contributed by atoms with Gasteiger partial charge in [-0.25, -0.2) is 0 Å². The molecule has 0 spiro atoms. The van der Waals surface area contributed by atoms with E-state index in [9.17, 15) is 0 Å². The molecule has 4 heterocycles. The van der Waals surface area contributed by atoms with Gasteiger partial charge >= 0.3 is 0 Å². The fourth-order valence-corrected chi connectivity index (χ4v) is 5.75. The molecular formula is C21H38IN3O2. The second-order valence-electron chi connectivity index (χ2n) is 9.78. The van der Waals surface area contributed by atoms with E-state index in [0.717, 1.165) is 57.0 Å². The SMILES string of the molecule is CCNC(=NCC1CCCOC1C(C)(C)C)N1CC2C3CCC(O3)C2C1.I. The van der Waals surface area contributed by atoms with Gasteiger partial charge in [-0.3, -0.25) is 4.99 Å². The number of rotatable bonds is 3. The van der Waals surface area contributed by atoms with Crippen LogP contribution in [-0.2, 0) is 9.47 Å². The van der Waals surface area contributed by atoms with Gasteiger partial charge in [0.25, 0.3) is 0 Å². The maximum absolute atomic E-state index is 6.15. The van der Waals surface area contributed by atoms with Gasteiger partial charge in [0.1, 0.15) is 0 Å². The van der Waals surface area contributed by atoms with E-state index in [1.54, 1.807) is 0 Å². The summed E-state index contributed by atoms with van der Waals surface area (Å²) < 4.78 is 12.3. The van der Waals surface area contributed by atoms with Gasteiger partial charge in [0.2, 0.25) is 0 Å². The van der Waals surface area contributed by atoms with E-state index < -0.39 is 0 Å². The van der Waals surface area contributed by atoms with Crippen LogP contribution in [0.4, 0.5) is 0 Å². The lowest BCUT2D eigenvalue weighted by molar-refractivity contribution is -0.0824. The molecule has 6 atom stereocenters. The van der Waals surface area contributed by atoms with Crippen molar-refractivity contribution in [1.82, 2.24) is 10.2 Å². The third kappa shape index (κ3) is 4.42. The van der Waals surface area contributed by atoms with Crippen molar-refractivity contribution in [2.45, 2.75) is 71.7 Å². The average Bonchev–Trinajstić information content (AvgIpc) is 3.30. The zero-order valence-corrected chi connectivity index (χ0v) is 19.8. The maximum atomic E-state index is 6.15. The highest BCUT2D eigenvalue weighted by Crippen LogP contribution is 2.47. The molecule has 0 aromatic rings. The van der Waals surface area contributed by atoms with Gasteiger partial charge in [-0.2, -0.15) is 0 Å². The third-order valence-electron chi connectivity index (χ3n) is 6.86. The molecule has 4 aliphatic rings. The third-order valence-corrected chi connectivity index (χ3v) is 6.86.